The number of benzene rings is 2. The fourth-order valence-corrected chi connectivity index (χ4v) is 5.81. The number of carboxylic acid groups (broad SMARTS) is 1. The summed E-state index contributed by atoms with van der Waals surface area (Å²) in [5.41, 5.74) is 1.32. The van der Waals surface area contributed by atoms with Gasteiger partial charge in [0.2, 0.25) is 5.89 Å². The number of ether oxygens (including phenoxy) is 1. The van der Waals surface area contributed by atoms with E-state index < -0.39 is 22.6 Å². The molecule has 0 spiro atoms. The number of aliphatic carboxylic acids is 1. The molecule has 4 rings (SSSR count). The maximum absolute atomic E-state index is 13.1. The van der Waals surface area contributed by atoms with E-state index >= 15 is 0 Å². The Morgan fingerprint density at radius 1 is 1.15 bits per heavy atom. The zero-order valence-corrected chi connectivity index (χ0v) is 21.2. The number of alkyl halides is 1. The van der Waals surface area contributed by atoms with Gasteiger partial charge in [-0.3, -0.25) is 0 Å². The Bertz CT molecular complexity index is 1230. The number of rotatable bonds is 9. The second-order valence-corrected chi connectivity index (χ2v) is 10.6. The molecule has 1 N–H and O–H groups in total. The van der Waals surface area contributed by atoms with Crippen LogP contribution in [0.2, 0.25) is 0 Å². The van der Waals surface area contributed by atoms with Gasteiger partial charge in [-0.25, -0.2) is 9.78 Å². The van der Waals surface area contributed by atoms with Crippen molar-refractivity contribution in [2.75, 3.05) is 42.6 Å². The quantitative estimate of drug-likeness (QED) is 0.252. The second-order valence-electron chi connectivity index (χ2n) is 7.29. The number of nitrogens with zero attached hydrogens (tertiary/aromatic N) is 3. The Morgan fingerprint density at radius 2 is 1.88 bits per heavy atom. The first-order valence-corrected chi connectivity index (χ1v) is 14.8. The fourth-order valence-electron chi connectivity index (χ4n) is 3.59. The summed E-state index contributed by atoms with van der Waals surface area (Å²) in [6.07, 6.45) is 2.92. The van der Waals surface area contributed by atoms with Gasteiger partial charge in [-0.05, 0) is 6.07 Å². The van der Waals surface area contributed by atoms with Crippen LogP contribution in [0, 0.1) is 0 Å². The molecule has 2 aromatic carbocycles. The summed E-state index contributed by atoms with van der Waals surface area (Å²) < 4.78 is 43.9. The van der Waals surface area contributed by atoms with Gasteiger partial charge in [-0.15, -0.1) is 0 Å². The Morgan fingerprint density at radius 3 is 2.50 bits per heavy atom. The number of halogens is 1. The standard InChI is InChI=1S/C22H23IN3O7S/c1-23-33-17-3-5-18(6-4-17)34(29,30)26-11-9-25(10-12-26)16-2-7-19(22-24-8-13-31-22)20(14-16)32-15-21(27)28/h2-8,13-14H,9-12,15H2,1H3,(H,27,28)/q-1. The first-order chi connectivity index (χ1) is 16.4. The van der Waals surface area contributed by atoms with E-state index in [-0.39, 0.29) is 26.5 Å². The number of carboxylic acids is 1. The maximum atomic E-state index is 13.1. The predicted molar refractivity (Wildman–Crippen MR) is 119 cm³/mol. The van der Waals surface area contributed by atoms with Gasteiger partial charge in [0, 0.05) is 0 Å². The summed E-state index contributed by atoms with van der Waals surface area (Å²) in [5, 5.41) is 9.01. The topological polar surface area (TPSA) is 122 Å². The van der Waals surface area contributed by atoms with Crippen LogP contribution >= 0.6 is 0 Å². The van der Waals surface area contributed by atoms with Gasteiger partial charge in [0.25, 0.3) is 0 Å². The average molecular weight is 600 g/mol. The molecular formula is C22H23IN3O7S-. The van der Waals surface area contributed by atoms with Crippen molar-refractivity contribution in [1.82, 2.24) is 9.29 Å². The molecule has 34 heavy (non-hydrogen) atoms. The second kappa shape index (κ2) is 10.6. The molecule has 1 fully saturated rings. The van der Waals surface area contributed by atoms with Crippen LogP contribution < -0.4 is 34.3 Å². The average Bonchev–Trinajstić information content (AvgIpc) is 3.38. The first kappa shape index (κ1) is 24.3. The third-order valence-electron chi connectivity index (χ3n) is 5.21. The number of oxazole rings is 1. The molecule has 1 aliphatic heterocycles. The first-order valence-electron chi connectivity index (χ1n) is 10.3. The predicted octanol–water partition coefficient (Wildman–Crippen LogP) is -0.671. The Kier molecular flexibility index (Phi) is 7.58. The van der Waals surface area contributed by atoms with Crippen LogP contribution in [0.3, 0.4) is 0 Å². The molecule has 0 radical (unpaired) electrons. The summed E-state index contributed by atoms with van der Waals surface area (Å²) in [7, 11) is -3.61. The van der Waals surface area contributed by atoms with Gasteiger partial charge in [0.15, 0.2) is 6.61 Å². The molecule has 10 nitrogen and oxygen atoms in total. The van der Waals surface area contributed by atoms with E-state index in [1.54, 1.807) is 36.4 Å². The molecule has 182 valence electrons. The minimum atomic E-state index is -3.61. The van der Waals surface area contributed by atoms with Gasteiger partial charge >= 0.3 is 142 Å². The van der Waals surface area contributed by atoms with Crippen LogP contribution in [0.25, 0.3) is 11.5 Å². The molecule has 1 saturated heterocycles. The van der Waals surface area contributed by atoms with Gasteiger partial charge in [0.05, 0.1) is 11.8 Å². The Balaban J connectivity index is 1.48. The Hall–Kier alpha value is -2.84. The molecule has 0 saturated carbocycles. The van der Waals surface area contributed by atoms with Gasteiger partial charge in [0.1, 0.15) is 12.0 Å². The van der Waals surface area contributed by atoms with Crippen molar-refractivity contribution in [1.29, 1.82) is 0 Å². The van der Waals surface area contributed by atoms with E-state index in [0.29, 0.717) is 49.1 Å². The molecular weight excluding hydrogens is 577 g/mol. The Labute approximate surface area is 208 Å². The number of sulfonamides is 1. The molecule has 2 heterocycles. The van der Waals surface area contributed by atoms with Crippen molar-refractivity contribution in [3.8, 4) is 23.0 Å². The third kappa shape index (κ3) is 5.45. The number of hydrogen-bond donors (Lipinski definition) is 1. The number of aromatic nitrogens is 1. The molecule has 1 aliphatic rings. The van der Waals surface area contributed by atoms with Crippen molar-refractivity contribution in [3.05, 3.63) is 54.9 Å². The van der Waals surface area contributed by atoms with Crippen LogP contribution in [0.5, 0.6) is 11.5 Å². The summed E-state index contributed by atoms with van der Waals surface area (Å²) in [4.78, 5) is 19.4. The molecule has 0 aliphatic carbocycles. The van der Waals surface area contributed by atoms with Crippen LogP contribution in [-0.2, 0) is 14.8 Å². The number of anilines is 1. The van der Waals surface area contributed by atoms with Crippen LogP contribution in [0.1, 0.15) is 0 Å². The molecule has 1 aromatic heterocycles. The van der Waals surface area contributed by atoms with Crippen molar-refractivity contribution < 1.29 is 52.2 Å². The van der Waals surface area contributed by atoms with Crippen molar-refractivity contribution in [2.24, 2.45) is 0 Å². The molecule has 0 unspecified atom stereocenters. The molecule has 0 amide bonds. The van der Waals surface area contributed by atoms with E-state index in [9.17, 15) is 13.2 Å². The van der Waals surface area contributed by atoms with E-state index in [0.717, 1.165) is 5.69 Å². The summed E-state index contributed by atoms with van der Waals surface area (Å²) in [6, 6.07) is 11.8. The van der Waals surface area contributed by atoms with Crippen LogP contribution in [0.4, 0.5) is 5.69 Å². The summed E-state index contributed by atoms with van der Waals surface area (Å²) in [6.45, 7) is 1.06. The van der Waals surface area contributed by atoms with Gasteiger partial charge < -0.3 is 14.3 Å². The van der Waals surface area contributed by atoms with Crippen LogP contribution in [0.15, 0.2) is 64.2 Å². The van der Waals surface area contributed by atoms with Crippen LogP contribution in [-0.4, -0.2) is 66.5 Å². The molecule has 12 heteroatoms. The third-order valence-corrected chi connectivity index (χ3v) is 8.07. The van der Waals surface area contributed by atoms with Crippen molar-refractivity contribution in [2.45, 2.75) is 4.90 Å². The minimum absolute atomic E-state index is 0.238. The van der Waals surface area contributed by atoms with E-state index in [2.05, 4.69) is 4.98 Å². The molecule has 0 bridgehead atoms. The normalized spacial score (nSPS) is 14.8. The van der Waals surface area contributed by atoms with E-state index in [4.69, 9.17) is 17.3 Å². The SMILES string of the molecule is C[I-]Oc1ccc(S(=O)(=O)N2CCN(c3ccc(-c4ncco4)c(OCC(=O)O)c3)CC2)cc1. The van der Waals surface area contributed by atoms with E-state index in [1.165, 1.54) is 16.8 Å². The van der Waals surface area contributed by atoms with E-state index in [1.807, 2.05) is 15.9 Å². The summed E-state index contributed by atoms with van der Waals surface area (Å²) in [5.74, 6) is 0.223. The number of carbonyl (C=O) groups is 1. The number of piperazine rings is 1. The van der Waals surface area contributed by atoms with Gasteiger partial charge in [-0.1, -0.05) is 0 Å². The van der Waals surface area contributed by atoms with Crippen molar-refractivity contribution in [3.63, 3.8) is 0 Å². The number of hydrogen-bond acceptors (Lipinski definition) is 8. The van der Waals surface area contributed by atoms with Crippen molar-refractivity contribution >= 4 is 21.7 Å². The zero-order chi connectivity index (χ0) is 24.1. The monoisotopic (exact) mass is 600 g/mol. The molecule has 3 aromatic rings. The zero-order valence-electron chi connectivity index (χ0n) is 18.3. The fraction of sp³-hybridized carbons (Fsp3) is 0.273. The summed E-state index contributed by atoms with van der Waals surface area (Å²) >= 11 is -0.384. The van der Waals surface area contributed by atoms with Gasteiger partial charge in [-0.2, -0.15) is 0 Å². The molecule has 0 atom stereocenters.